The smallest absolute Gasteiger partial charge is 0.376 e. The summed E-state index contributed by atoms with van der Waals surface area (Å²) < 4.78 is 33.0. The van der Waals surface area contributed by atoms with Gasteiger partial charge in [0.15, 0.2) is 0 Å². The standard InChI is InChI=1S/C10H15O4PS/c1-4-13-15(2,11)14-9-5-7-10(8-6-9)16(3)12/h5-8H,4H2,1-3H3. The van der Waals surface area contributed by atoms with Crippen molar-refractivity contribution in [3.63, 3.8) is 0 Å². The van der Waals surface area contributed by atoms with Crippen LogP contribution in [-0.4, -0.2) is 23.7 Å². The Morgan fingerprint density at radius 3 is 2.31 bits per heavy atom. The van der Waals surface area contributed by atoms with Crippen molar-refractivity contribution in [2.24, 2.45) is 0 Å². The Hall–Kier alpha value is -0.640. The monoisotopic (exact) mass is 262 g/mol. The molecule has 2 atom stereocenters. The average molecular weight is 262 g/mol. The molecule has 0 fully saturated rings. The summed E-state index contributed by atoms with van der Waals surface area (Å²) in [5.74, 6) is 0.452. The molecule has 1 aromatic rings. The molecule has 4 nitrogen and oxygen atoms in total. The fraction of sp³-hybridized carbons (Fsp3) is 0.400. The first-order chi connectivity index (χ1) is 7.44. The van der Waals surface area contributed by atoms with Crippen molar-refractivity contribution < 1.29 is 17.8 Å². The molecule has 0 N–H and O–H groups in total. The molecule has 0 saturated carbocycles. The van der Waals surface area contributed by atoms with E-state index < -0.39 is 18.4 Å². The number of benzene rings is 1. The van der Waals surface area contributed by atoms with Gasteiger partial charge in [0.2, 0.25) is 0 Å². The molecule has 16 heavy (non-hydrogen) atoms. The summed E-state index contributed by atoms with van der Waals surface area (Å²) in [5, 5.41) is 0. The molecule has 0 saturated heterocycles. The van der Waals surface area contributed by atoms with Gasteiger partial charge < -0.3 is 9.05 Å². The topological polar surface area (TPSA) is 52.6 Å². The van der Waals surface area contributed by atoms with Gasteiger partial charge in [0.25, 0.3) is 0 Å². The molecule has 0 amide bonds. The van der Waals surface area contributed by atoms with E-state index in [2.05, 4.69) is 0 Å². The fourth-order valence-electron chi connectivity index (χ4n) is 1.14. The molecule has 90 valence electrons. The predicted octanol–water partition coefficient (Wildman–Crippen LogP) is 2.66. The van der Waals surface area contributed by atoms with Gasteiger partial charge >= 0.3 is 7.60 Å². The van der Waals surface area contributed by atoms with E-state index in [1.165, 1.54) is 6.66 Å². The highest BCUT2D eigenvalue weighted by Crippen LogP contribution is 2.44. The molecule has 0 aliphatic heterocycles. The third-order valence-corrected chi connectivity index (χ3v) is 4.00. The van der Waals surface area contributed by atoms with E-state index in [9.17, 15) is 8.77 Å². The second-order valence-electron chi connectivity index (χ2n) is 3.21. The van der Waals surface area contributed by atoms with E-state index in [1.807, 2.05) is 0 Å². The van der Waals surface area contributed by atoms with Crippen LogP contribution in [-0.2, 0) is 19.9 Å². The van der Waals surface area contributed by atoms with Crippen LogP contribution in [0.3, 0.4) is 0 Å². The second-order valence-corrected chi connectivity index (χ2v) is 6.57. The Kier molecular flexibility index (Phi) is 4.71. The van der Waals surface area contributed by atoms with Gasteiger partial charge in [0.05, 0.1) is 6.61 Å². The van der Waals surface area contributed by atoms with Gasteiger partial charge in [0, 0.05) is 28.6 Å². The zero-order valence-electron chi connectivity index (χ0n) is 9.50. The lowest BCUT2D eigenvalue weighted by Gasteiger charge is -2.14. The van der Waals surface area contributed by atoms with Crippen LogP contribution in [0.2, 0.25) is 0 Å². The number of rotatable bonds is 5. The first-order valence-corrected chi connectivity index (χ1v) is 8.34. The SMILES string of the molecule is CCOP(C)(=O)Oc1ccc(S(C)=O)cc1. The van der Waals surface area contributed by atoms with Crippen LogP contribution in [0.15, 0.2) is 29.2 Å². The maximum Gasteiger partial charge on any atom is 0.376 e. The minimum atomic E-state index is -3.03. The van der Waals surface area contributed by atoms with E-state index in [4.69, 9.17) is 9.05 Å². The van der Waals surface area contributed by atoms with Crippen molar-refractivity contribution >= 4 is 18.4 Å². The molecule has 0 aromatic heterocycles. The third kappa shape index (κ3) is 4.08. The lowest BCUT2D eigenvalue weighted by molar-refractivity contribution is 0.284. The molecule has 2 unspecified atom stereocenters. The summed E-state index contributed by atoms with van der Waals surface area (Å²) in [6, 6.07) is 6.62. The van der Waals surface area contributed by atoms with Crippen molar-refractivity contribution in [3.05, 3.63) is 24.3 Å². The van der Waals surface area contributed by atoms with Gasteiger partial charge in [-0.25, -0.2) is 4.57 Å². The molecule has 0 aliphatic rings. The van der Waals surface area contributed by atoms with Gasteiger partial charge in [-0.05, 0) is 31.2 Å². The summed E-state index contributed by atoms with van der Waals surface area (Å²) in [4.78, 5) is 0.703. The van der Waals surface area contributed by atoms with Crippen LogP contribution in [0.4, 0.5) is 0 Å². The highest BCUT2D eigenvalue weighted by molar-refractivity contribution is 7.84. The highest BCUT2D eigenvalue weighted by Gasteiger charge is 2.17. The van der Waals surface area contributed by atoms with E-state index >= 15 is 0 Å². The van der Waals surface area contributed by atoms with E-state index in [-0.39, 0.29) is 0 Å². The van der Waals surface area contributed by atoms with Gasteiger partial charge in [-0.2, -0.15) is 0 Å². The van der Waals surface area contributed by atoms with Crippen LogP contribution >= 0.6 is 7.60 Å². The Labute approximate surface area is 98.0 Å². The Morgan fingerprint density at radius 1 is 1.31 bits per heavy atom. The summed E-state index contributed by atoms with van der Waals surface area (Å²) in [7, 11) is -4.05. The van der Waals surface area contributed by atoms with Crippen molar-refractivity contribution in [1.29, 1.82) is 0 Å². The van der Waals surface area contributed by atoms with Crippen molar-refractivity contribution in [3.8, 4) is 5.75 Å². The van der Waals surface area contributed by atoms with E-state index in [1.54, 1.807) is 37.4 Å². The first-order valence-electron chi connectivity index (χ1n) is 4.80. The van der Waals surface area contributed by atoms with Crippen LogP contribution < -0.4 is 4.52 Å². The van der Waals surface area contributed by atoms with Crippen molar-refractivity contribution in [1.82, 2.24) is 0 Å². The lowest BCUT2D eigenvalue weighted by Crippen LogP contribution is -1.96. The maximum absolute atomic E-state index is 11.7. The summed E-state index contributed by atoms with van der Waals surface area (Å²) in [6.45, 7) is 3.51. The molecule has 6 heteroatoms. The van der Waals surface area contributed by atoms with Gasteiger partial charge in [-0.15, -0.1) is 0 Å². The van der Waals surface area contributed by atoms with Crippen LogP contribution in [0.25, 0.3) is 0 Å². The Bertz CT molecular complexity index is 415. The number of hydrogen-bond donors (Lipinski definition) is 0. The third-order valence-electron chi connectivity index (χ3n) is 1.79. The minimum Gasteiger partial charge on any atom is -0.425 e. The fourth-order valence-corrected chi connectivity index (χ4v) is 2.69. The Morgan fingerprint density at radius 2 is 1.88 bits per heavy atom. The van der Waals surface area contributed by atoms with Gasteiger partial charge in [-0.3, -0.25) is 4.21 Å². The second kappa shape index (κ2) is 5.62. The van der Waals surface area contributed by atoms with Crippen LogP contribution in [0, 0.1) is 0 Å². The predicted molar refractivity (Wildman–Crippen MR) is 64.6 cm³/mol. The average Bonchev–Trinajstić information content (AvgIpc) is 2.17. The summed E-state index contributed by atoms with van der Waals surface area (Å²) >= 11 is 0. The van der Waals surface area contributed by atoms with Gasteiger partial charge in [-0.1, -0.05) is 0 Å². The van der Waals surface area contributed by atoms with Crippen LogP contribution in [0.5, 0.6) is 5.75 Å². The minimum absolute atomic E-state index is 0.338. The first kappa shape index (κ1) is 13.4. The normalized spacial score (nSPS) is 16.4. The molecule has 0 radical (unpaired) electrons. The zero-order valence-corrected chi connectivity index (χ0v) is 11.2. The van der Waals surface area contributed by atoms with E-state index in [0.29, 0.717) is 17.3 Å². The summed E-state index contributed by atoms with van der Waals surface area (Å²) in [6.07, 6.45) is 1.60. The molecule has 0 heterocycles. The number of hydrogen-bond acceptors (Lipinski definition) is 4. The maximum atomic E-state index is 11.7. The molecular weight excluding hydrogens is 247 g/mol. The quantitative estimate of drug-likeness (QED) is 0.765. The van der Waals surface area contributed by atoms with Crippen LogP contribution in [0.1, 0.15) is 6.92 Å². The van der Waals surface area contributed by atoms with Crippen molar-refractivity contribution in [2.45, 2.75) is 11.8 Å². The molecule has 1 rings (SSSR count). The van der Waals surface area contributed by atoms with Crippen molar-refractivity contribution in [2.75, 3.05) is 19.5 Å². The lowest BCUT2D eigenvalue weighted by atomic mass is 10.3. The largest absolute Gasteiger partial charge is 0.425 e. The Balaban J connectivity index is 2.76. The molecule has 1 aromatic carbocycles. The molecule has 0 aliphatic carbocycles. The summed E-state index contributed by atoms with van der Waals surface area (Å²) in [5.41, 5.74) is 0. The van der Waals surface area contributed by atoms with E-state index in [0.717, 1.165) is 0 Å². The highest BCUT2D eigenvalue weighted by atomic mass is 32.2. The zero-order chi connectivity index (χ0) is 12.2. The van der Waals surface area contributed by atoms with Gasteiger partial charge in [0.1, 0.15) is 5.75 Å². The molecular formula is C10H15O4PS. The molecule has 0 spiro atoms. The molecule has 0 bridgehead atoms.